The summed E-state index contributed by atoms with van der Waals surface area (Å²) in [5.74, 6) is 1.83. The van der Waals surface area contributed by atoms with E-state index >= 15 is 0 Å². The normalized spacial score (nSPS) is 11.7. The van der Waals surface area contributed by atoms with Crippen LogP contribution < -0.4 is 24.3 Å². The summed E-state index contributed by atoms with van der Waals surface area (Å²) in [6.07, 6.45) is 1.87. The van der Waals surface area contributed by atoms with Crippen LogP contribution in [0.25, 0.3) is 33.6 Å². The Balaban J connectivity index is 1.57. The molecule has 5 aromatic rings. The zero-order valence-electron chi connectivity index (χ0n) is 18.8. The van der Waals surface area contributed by atoms with Gasteiger partial charge in [0.05, 0.1) is 25.9 Å². The first kappa shape index (κ1) is 21.7. The molecule has 3 aromatic carbocycles. The van der Waals surface area contributed by atoms with Crippen LogP contribution in [0.2, 0.25) is 0 Å². The number of benzene rings is 3. The van der Waals surface area contributed by atoms with Crippen molar-refractivity contribution in [1.82, 2.24) is 14.6 Å². The quantitative estimate of drug-likeness (QED) is 0.372. The van der Waals surface area contributed by atoms with Crippen molar-refractivity contribution >= 4 is 22.4 Å². The second-order valence-electron chi connectivity index (χ2n) is 7.46. The molecule has 170 valence electrons. The Kier molecular flexibility index (Phi) is 5.73. The molecular weight excluding hydrogens is 450 g/mol. The van der Waals surface area contributed by atoms with E-state index < -0.39 is 0 Å². The van der Waals surface area contributed by atoms with Crippen LogP contribution in [-0.4, -0.2) is 35.9 Å². The fourth-order valence-corrected chi connectivity index (χ4v) is 4.73. The first-order chi connectivity index (χ1) is 16.6. The Morgan fingerprint density at radius 1 is 0.794 bits per heavy atom. The third-order valence-electron chi connectivity index (χ3n) is 5.49. The minimum Gasteiger partial charge on any atom is -0.493 e. The number of hydrogen-bond donors (Lipinski definition) is 0. The van der Waals surface area contributed by atoms with Gasteiger partial charge in [-0.15, -0.1) is 10.2 Å². The van der Waals surface area contributed by atoms with E-state index in [2.05, 4.69) is 22.3 Å². The summed E-state index contributed by atoms with van der Waals surface area (Å²) in [7, 11) is 4.62. The van der Waals surface area contributed by atoms with Crippen molar-refractivity contribution in [3.63, 3.8) is 0 Å². The summed E-state index contributed by atoms with van der Waals surface area (Å²) < 4.78 is 18.4. The molecule has 34 heavy (non-hydrogen) atoms. The molecule has 0 aliphatic heterocycles. The molecule has 0 saturated heterocycles. The number of methoxy groups -OCH3 is 3. The molecule has 0 amide bonds. The molecule has 0 spiro atoms. The van der Waals surface area contributed by atoms with E-state index in [0.29, 0.717) is 38.1 Å². The van der Waals surface area contributed by atoms with E-state index in [4.69, 9.17) is 14.2 Å². The number of thiazole rings is 1. The predicted molar refractivity (Wildman–Crippen MR) is 133 cm³/mol. The van der Waals surface area contributed by atoms with E-state index in [-0.39, 0.29) is 5.56 Å². The maximum atomic E-state index is 13.3. The fraction of sp³-hybridized carbons (Fsp3) is 0.115. The molecule has 0 aliphatic rings. The molecular formula is C26H21N3O4S. The van der Waals surface area contributed by atoms with E-state index in [1.165, 1.54) is 15.7 Å². The average Bonchev–Trinajstić information content (AvgIpc) is 3.44. The van der Waals surface area contributed by atoms with E-state index in [1.54, 1.807) is 33.5 Å². The molecule has 2 heterocycles. The molecule has 5 rings (SSSR count). The van der Waals surface area contributed by atoms with Crippen molar-refractivity contribution < 1.29 is 14.2 Å². The summed E-state index contributed by atoms with van der Waals surface area (Å²) in [5.41, 5.74) is 3.66. The Hall–Kier alpha value is -4.17. The average molecular weight is 472 g/mol. The van der Waals surface area contributed by atoms with Gasteiger partial charge in [0.25, 0.3) is 5.56 Å². The lowest BCUT2D eigenvalue weighted by Crippen LogP contribution is -2.23. The number of aromatic nitrogens is 3. The van der Waals surface area contributed by atoms with Gasteiger partial charge in [0.15, 0.2) is 17.3 Å². The minimum atomic E-state index is -0.180. The van der Waals surface area contributed by atoms with Crippen LogP contribution in [0.15, 0.2) is 71.5 Å². The third-order valence-corrected chi connectivity index (χ3v) is 6.45. The van der Waals surface area contributed by atoms with Gasteiger partial charge in [-0.2, -0.15) is 0 Å². The molecule has 0 saturated carbocycles. The molecule has 0 radical (unpaired) electrons. The zero-order valence-corrected chi connectivity index (χ0v) is 19.6. The van der Waals surface area contributed by atoms with Gasteiger partial charge >= 0.3 is 0 Å². The number of hydrogen-bond acceptors (Lipinski definition) is 7. The first-order valence-electron chi connectivity index (χ1n) is 10.5. The van der Waals surface area contributed by atoms with Crippen LogP contribution in [0.5, 0.6) is 17.2 Å². The fourth-order valence-electron chi connectivity index (χ4n) is 3.81. The van der Waals surface area contributed by atoms with Crippen molar-refractivity contribution in [2.24, 2.45) is 0 Å². The largest absolute Gasteiger partial charge is 0.493 e. The van der Waals surface area contributed by atoms with Crippen LogP contribution in [0.1, 0.15) is 5.56 Å². The van der Waals surface area contributed by atoms with Crippen LogP contribution in [0.4, 0.5) is 0 Å². The molecule has 8 heteroatoms. The van der Waals surface area contributed by atoms with Crippen LogP contribution >= 0.6 is 11.3 Å². The minimum absolute atomic E-state index is 0.180. The predicted octanol–water partition coefficient (Wildman–Crippen LogP) is 4.06. The van der Waals surface area contributed by atoms with Gasteiger partial charge in [0.1, 0.15) is 0 Å². The van der Waals surface area contributed by atoms with Gasteiger partial charge in [0, 0.05) is 5.56 Å². The Morgan fingerprint density at radius 3 is 2.06 bits per heavy atom. The van der Waals surface area contributed by atoms with Gasteiger partial charge in [-0.1, -0.05) is 65.9 Å². The van der Waals surface area contributed by atoms with Crippen molar-refractivity contribution in [3.05, 3.63) is 87.2 Å². The molecule has 0 fully saturated rings. The van der Waals surface area contributed by atoms with Crippen molar-refractivity contribution in [2.75, 3.05) is 21.3 Å². The maximum absolute atomic E-state index is 13.3. The lowest BCUT2D eigenvalue weighted by atomic mass is 10.0. The highest BCUT2D eigenvalue weighted by Crippen LogP contribution is 2.40. The van der Waals surface area contributed by atoms with Gasteiger partial charge in [-0.25, -0.2) is 4.40 Å². The second kappa shape index (κ2) is 8.99. The van der Waals surface area contributed by atoms with Gasteiger partial charge in [-0.3, -0.25) is 4.79 Å². The Morgan fingerprint density at radius 2 is 1.44 bits per heavy atom. The summed E-state index contributed by atoms with van der Waals surface area (Å²) in [5, 5.41) is 8.47. The van der Waals surface area contributed by atoms with Crippen LogP contribution in [0.3, 0.4) is 0 Å². The first-order valence-corrected chi connectivity index (χ1v) is 11.3. The molecule has 0 unspecified atom stereocenters. The molecule has 0 atom stereocenters. The Bertz CT molecular complexity index is 1550. The number of fused-ring (bicyclic) bond motifs is 1. The summed E-state index contributed by atoms with van der Waals surface area (Å²) in [4.78, 5) is 13.8. The van der Waals surface area contributed by atoms with Crippen molar-refractivity contribution in [2.45, 2.75) is 0 Å². The monoisotopic (exact) mass is 471 g/mol. The summed E-state index contributed by atoms with van der Waals surface area (Å²) >= 11 is 1.30. The van der Waals surface area contributed by atoms with Gasteiger partial charge in [-0.05, 0) is 34.9 Å². The van der Waals surface area contributed by atoms with Gasteiger partial charge in [0.2, 0.25) is 10.7 Å². The zero-order chi connectivity index (χ0) is 23.7. The smallest absolute Gasteiger partial charge is 0.276 e. The number of rotatable bonds is 6. The molecule has 0 aliphatic carbocycles. The van der Waals surface area contributed by atoms with E-state index in [0.717, 1.165) is 16.7 Å². The third kappa shape index (κ3) is 3.78. The van der Waals surface area contributed by atoms with Crippen molar-refractivity contribution in [3.8, 4) is 39.8 Å². The standard InChI is InChI=1S/C26H21N3O4S/c1-31-20-14-19(15-21(32-2)23(20)33-3)24-27-28-26-29(24)25(30)22(34-26)13-16-9-11-18(12-10-16)17-7-5-4-6-8-17/h4-15H,1-3H3/b22-13-. The highest BCUT2D eigenvalue weighted by molar-refractivity contribution is 7.15. The highest BCUT2D eigenvalue weighted by atomic mass is 32.1. The SMILES string of the molecule is COc1cc(-c2nnc3s/c(=C\c4ccc(-c5ccccc5)cc4)c(=O)n23)cc(OC)c1OC. The maximum Gasteiger partial charge on any atom is 0.276 e. The lowest BCUT2D eigenvalue weighted by Gasteiger charge is -2.13. The van der Waals surface area contributed by atoms with E-state index in [1.807, 2.05) is 48.5 Å². The molecule has 7 nitrogen and oxygen atoms in total. The van der Waals surface area contributed by atoms with Gasteiger partial charge < -0.3 is 14.2 Å². The number of ether oxygens (including phenoxy) is 3. The summed E-state index contributed by atoms with van der Waals surface area (Å²) in [6.45, 7) is 0. The Labute approximate surface area is 199 Å². The molecule has 2 aromatic heterocycles. The molecule has 0 N–H and O–H groups in total. The van der Waals surface area contributed by atoms with E-state index in [9.17, 15) is 4.79 Å². The van der Waals surface area contributed by atoms with Crippen LogP contribution in [0, 0.1) is 0 Å². The number of nitrogens with zero attached hydrogens (tertiary/aromatic N) is 3. The van der Waals surface area contributed by atoms with Crippen molar-refractivity contribution in [1.29, 1.82) is 0 Å². The lowest BCUT2D eigenvalue weighted by molar-refractivity contribution is 0.324. The van der Waals surface area contributed by atoms with Crippen LogP contribution in [-0.2, 0) is 0 Å². The second-order valence-corrected chi connectivity index (χ2v) is 8.47. The summed E-state index contributed by atoms with van der Waals surface area (Å²) in [6, 6.07) is 21.8. The highest BCUT2D eigenvalue weighted by Gasteiger charge is 2.19. The topological polar surface area (TPSA) is 75.0 Å². The molecule has 0 bridgehead atoms.